The van der Waals surface area contributed by atoms with Crippen molar-refractivity contribution in [3.8, 4) is 0 Å². The normalized spacial score (nSPS) is 15.4. The lowest BCUT2D eigenvalue weighted by molar-refractivity contribution is -0.128. The maximum atomic E-state index is 12.3. The highest BCUT2D eigenvalue weighted by molar-refractivity contribution is 9.10. The van der Waals surface area contributed by atoms with Crippen LogP contribution in [0.15, 0.2) is 33.6 Å². The second kappa shape index (κ2) is 8.43. The van der Waals surface area contributed by atoms with E-state index >= 15 is 0 Å². The number of carbonyl (C=O) groups is 2. The molecule has 0 aliphatic carbocycles. The Hall–Kier alpha value is -1.21. The van der Waals surface area contributed by atoms with Crippen molar-refractivity contribution in [2.75, 3.05) is 39.0 Å². The zero-order valence-corrected chi connectivity index (χ0v) is 14.9. The molecule has 1 aromatic rings. The zero-order valence-electron chi connectivity index (χ0n) is 12.5. The average Bonchev–Trinajstić information content (AvgIpc) is 2.79. The van der Waals surface area contributed by atoms with Crippen LogP contribution in [-0.2, 0) is 9.53 Å². The van der Waals surface area contributed by atoms with Crippen molar-refractivity contribution in [1.29, 1.82) is 0 Å². The maximum Gasteiger partial charge on any atom is 0.409 e. The Morgan fingerprint density at radius 1 is 1.14 bits per heavy atom. The van der Waals surface area contributed by atoms with Crippen molar-refractivity contribution in [2.45, 2.75) is 11.3 Å². The molecule has 22 heavy (non-hydrogen) atoms. The predicted molar refractivity (Wildman–Crippen MR) is 90.0 cm³/mol. The topological polar surface area (TPSA) is 49.9 Å². The fraction of sp³-hybridized carbons (Fsp3) is 0.467. The van der Waals surface area contributed by atoms with Gasteiger partial charge in [-0.1, -0.05) is 15.9 Å². The highest BCUT2D eigenvalue weighted by Crippen LogP contribution is 2.21. The van der Waals surface area contributed by atoms with E-state index in [1.807, 2.05) is 29.2 Å². The van der Waals surface area contributed by atoms with E-state index in [0.29, 0.717) is 31.9 Å². The molecule has 1 heterocycles. The number of rotatable bonds is 3. The Labute approximate surface area is 143 Å². The second-order valence-corrected chi connectivity index (χ2v) is 6.90. The molecule has 0 unspecified atom stereocenters. The predicted octanol–water partition coefficient (Wildman–Crippen LogP) is 2.84. The SMILES string of the molecule is COC(=O)N1CCCN(C(=O)CSc2ccc(Br)cc2)CC1. The molecule has 1 aromatic carbocycles. The minimum atomic E-state index is -0.321. The molecule has 1 fully saturated rings. The average molecular weight is 387 g/mol. The molecule has 120 valence electrons. The molecule has 1 aliphatic rings. The van der Waals surface area contributed by atoms with Crippen molar-refractivity contribution in [3.05, 3.63) is 28.7 Å². The minimum absolute atomic E-state index is 0.111. The van der Waals surface area contributed by atoms with Gasteiger partial charge in [0.05, 0.1) is 12.9 Å². The standard InChI is InChI=1S/C15H19BrN2O3S/c1-21-15(20)18-8-2-7-17(9-10-18)14(19)11-22-13-5-3-12(16)4-6-13/h3-6H,2,7-11H2,1H3. The molecule has 0 atom stereocenters. The molecule has 0 N–H and O–H groups in total. The van der Waals surface area contributed by atoms with Crippen molar-refractivity contribution in [3.63, 3.8) is 0 Å². The first-order chi connectivity index (χ1) is 10.6. The number of methoxy groups -OCH3 is 1. The van der Waals surface area contributed by atoms with E-state index in [1.54, 1.807) is 4.90 Å². The Balaban J connectivity index is 1.82. The minimum Gasteiger partial charge on any atom is -0.453 e. The summed E-state index contributed by atoms with van der Waals surface area (Å²) in [6.07, 6.45) is 0.461. The van der Waals surface area contributed by atoms with Gasteiger partial charge in [-0.2, -0.15) is 0 Å². The molecule has 7 heteroatoms. The second-order valence-electron chi connectivity index (χ2n) is 4.93. The number of benzene rings is 1. The van der Waals surface area contributed by atoms with Gasteiger partial charge in [0.2, 0.25) is 5.91 Å². The Morgan fingerprint density at radius 3 is 2.45 bits per heavy atom. The molecular formula is C15H19BrN2O3S. The van der Waals surface area contributed by atoms with Crippen LogP contribution in [0.1, 0.15) is 6.42 Å². The van der Waals surface area contributed by atoms with Gasteiger partial charge in [-0.15, -0.1) is 11.8 Å². The molecule has 5 nitrogen and oxygen atoms in total. The summed E-state index contributed by atoms with van der Waals surface area (Å²) in [5.41, 5.74) is 0. The van der Waals surface area contributed by atoms with Gasteiger partial charge in [0.1, 0.15) is 0 Å². The van der Waals surface area contributed by atoms with Gasteiger partial charge in [0.25, 0.3) is 0 Å². The lowest BCUT2D eigenvalue weighted by Crippen LogP contribution is -2.38. The number of carbonyl (C=O) groups excluding carboxylic acids is 2. The summed E-state index contributed by atoms with van der Waals surface area (Å²) in [4.78, 5) is 28.4. The molecule has 0 saturated carbocycles. The van der Waals surface area contributed by atoms with Gasteiger partial charge in [-0.25, -0.2) is 4.79 Å². The van der Waals surface area contributed by atoms with Gasteiger partial charge in [0, 0.05) is 35.5 Å². The summed E-state index contributed by atoms with van der Waals surface area (Å²) in [6, 6.07) is 7.91. The fourth-order valence-electron chi connectivity index (χ4n) is 2.25. The van der Waals surface area contributed by atoms with E-state index in [9.17, 15) is 9.59 Å². The summed E-state index contributed by atoms with van der Waals surface area (Å²) < 4.78 is 5.76. The van der Waals surface area contributed by atoms with E-state index in [1.165, 1.54) is 18.9 Å². The smallest absolute Gasteiger partial charge is 0.409 e. The number of nitrogens with zero attached hydrogens (tertiary/aromatic N) is 2. The third-order valence-electron chi connectivity index (χ3n) is 3.46. The first kappa shape index (κ1) is 17.1. The number of amides is 2. The molecule has 0 radical (unpaired) electrons. The molecule has 0 spiro atoms. The van der Waals surface area contributed by atoms with Gasteiger partial charge in [-0.3, -0.25) is 4.79 Å². The summed E-state index contributed by atoms with van der Waals surface area (Å²) in [6.45, 7) is 2.42. The largest absolute Gasteiger partial charge is 0.453 e. The Kier molecular flexibility index (Phi) is 6.57. The Morgan fingerprint density at radius 2 is 1.77 bits per heavy atom. The van der Waals surface area contributed by atoms with Gasteiger partial charge < -0.3 is 14.5 Å². The molecule has 0 aromatic heterocycles. The van der Waals surface area contributed by atoms with Crippen molar-refractivity contribution in [2.24, 2.45) is 0 Å². The summed E-state index contributed by atoms with van der Waals surface area (Å²) in [5, 5.41) is 0. The lowest BCUT2D eigenvalue weighted by Gasteiger charge is -2.21. The lowest BCUT2D eigenvalue weighted by atomic mass is 10.4. The maximum absolute atomic E-state index is 12.3. The summed E-state index contributed by atoms with van der Waals surface area (Å²) >= 11 is 4.93. The number of ether oxygens (including phenoxy) is 1. The number of hydrogen-bond donors (Lipinski definition) is 0. The third kappa shape index (κ3) is 4.91. The number of halogens is 1. The fourth-order valence-corrected chi connectivity index (χ4v) is 3.31. The first-order valence-electron chi connectivity index (χ1n) is 7.09. The van der Waals surface area contributed by atoms with E-state index in [-0.39, 0.29) is 12.0 Å². The van der Waals surface area contributed by atoms with Crippen molar-refractivity contribution >= 4 is 39.7 Å². The van der Waals surface area contributed by atoms with Gasteiger partial charge in [-0.05, 0) is 30.7 Å². The molecule has 2 amide bonds. The van der Waals surface area contributed by atoms with Crippen LogP contribution >= 0.6 is 27.7 Å². The summed E-state index contributed by atoms with van der Waals surface area (Å²) in [5.74, 6) is 0.527. The highest BCUT2D eigenvalue weighted by atomic mass is 79.9. The summed E-state index contributed by atoms with van der Waals surface area (Å²) in [7, 11) is 1.38. The van der Waals surface area contributed by atoms with Crippen molar-refractivity contribution in [1.82, 2.24) is 9.80 Å². The third-order valence-corrected chi connectivity index (χ3v) is 4.98. The van der Waals surface area contributed by atoms with Crippen LogP contribution in [-0.4, -0.2) is 60.8 Å². The Bertz CT molecular complexity index is 524. The van der Waals surface area contributed by atoms with Gasteiger partial charge in [0.15, 0.2) is 0 Å². The van der Waals surface area contributed by atoms with Gasteiger partial charge >= 0.3 is 6.09 Å². The van der Waals surface area contributed by atoms with Crippen LogP contribution in [0.4, 0.5) is 4.79 Å². The van der Waals surface area contributed by atoms with E-state index in [0.717, 1.165) is 15.8 Å². The molecule has 2 rings (SSSR count). The highest BCUT2D eigenvalue weighted by Gasteiger charge is 2.22. The molecular weight excluding hydrogens is 368 g/mol. The van der Waals surface area contributed by atoms with E-state index in [2.05, 4.69) is 15.9 Å². The van der Waals surface area contributed by atoms with Crippen molar-refractivity contribution < 1.29 is 14.3 Å². The molecule has 1 saturated heterocycles. The van der Waals surface area contributed by atoms with E-state index in [4.69, 9.17) is 4.74 Å². The quantitative estimate of drug-likeness (QED) is 0.749. The van der Waals surface area contributed by atoms with Crippen LogP contribution in [0.25, 0.3) is 0 Å². The number of hydrogen-bond acceptors (Lipinski definition) is 4. The van der Waals surface area contributed by atoms with Crippen LogP contribution < -0.4 is 0 Å². The van der Waals surface area contributed by atoms with Crippen LogP contribution in [0, 0.1) is 0 Å². The first-order valence-corrected chi connectivity index (χ1v) is 8.87. The van der Waals surface area contributed by atoms with Crippen LogP contribution in [0.2, 0.25) is 0 Å². The van der Waals surface area contributed by atoms with Crippen LogP contribution in [0.3, 0.4) is 0 Å². The van der Waals surface area contributed by atoms with Crippen LogP contribution in [0.5, 0.6) is 0 Å². The molecule has 1 aliphatic heterocycles. The van der Waals surface area contributed by atoms with E-state index < -0.39 is 0 Å². The molecule has 0 bridgehead atoms. The zero-order chi connectivity index (χ0) is 15.9. The monoisotopic (exact) mass is 386 g/mol. The number of thioether (sulfide) groups is 1.